The van der Waals surface area contributed by atoms with Crippen LogP contribution in [0.15, 0.2) is 0 Å². The number of phosphoric ester groups is 2. The molecule has 600 valence electrons. The van der Waals surface area contributed by atoms with Crippen LogP contribution in [0.2, 0.25) is 0 Å². The third kappa shape index (κ3) is 76.1. The zero-order valence-corrected chi connectivity index (χ0v) is 68.0. The molecule has 5 atom stereocenters. The molecule has 2 unspecified atom stereocenters. The largest absolute Gasteiger partial charge is 0.472 e. The van der Waals surface area contributed by atoms with E-state index >= 15 is 0 Å². The van der Waals surface area contributed by atoms with E-state index in [0.29, 0.717) is 31.6 Å². The van der Waals surface area contributed by atoms with E-state index in [4.69, 9.17) is 37.0 Å². The summed E-state index contributed by atoms with van der Waals surface area (Å²) in [6.45, 7) is 9.57. The number of ether oxygens (including phenoxy) is 4. The molecule has 0 aromatic carbocycles. The predicted molar refractivity (Wildman–Crippen MR) is 414 cm³/mol. The molecule has 0 aliphatic heterocycles. The lowest BCUT2D eigenvalue weighted by molar-refractivity contribution is -0.161. The Morgan fingerprint density at radius 2 is 0.455 bits per heavy atom. The van der Waals surface area contributed by atoms with Gasteiger partial charge < -0.3 is 33.8 Å². The van der Waals surface area contributed by atoms with Crippen molar-refractivity contribution in [3.63, 3.8) is 0 Å². The van der Waals surface area contributed by atoms with Crippen LogP contribution in [0.5, 0.6) is 0 Å². The van der Waals surface area contributed by atoms with E-state index in [1.54, 1.807) is 0 Å². The van der Waals surface area contributed by atoms with Gasteiger partial charge in [-0.15, -0.1) is 0 Å². The molecule has 0 aromatic rings. The van der Waals surface area contributed by atoms with Gasteiger partial charge in [0.05, 0.1) is 26.4 Å². The lowest BCUT2D eigenvalue weighted by Crippen LogP contribution is -2.30. The lowest BCUT2D eigenvalue weighted by Gasteiger charge is -2.21. The number of hydrogen-bond donors (Lipinski definition) is 3. The molecule has 0 spiro atoms. The van der Waals surface area contributed by atoms with E-state index in [-0.39, 0.29) is 25.7 Å². The van der Waals surface area contributed by atoms with Crippen molar-refractivity contribution in [3.8, 4) is 0 Å². The maximum Gasteiger partial charge on any atom is 0.472 e. The Balaban J connectivity index is 5.22. The number of aliphatic hydroxyl groups excluding tert-OH is 1. The molecule has 0 fully saturated rings. The Morgan fingerprint density at radius 1 is 0.267 bits per heavy atom. The molecule has 0 saturated carbocycles. The maximum atomic E-state index is 13.1. The summed E-state index contributed by atoms with van der Waals surface area (Å²) in [5, 5.41) is 10.6. The summed E-state index contributed by atoms with van der Waals surface area (Å²) >= 11 is 0. The molecule has 19 heteroatoms. The highest BCUT2D eigenvalue weighted by molar-refractivity contribution is 7.47. The van der Waals surface area contributed by atoms with Crippen LogP contribution in [0.4, 0.5) is 0 Å². The van der Waals surface area contributed by atoms with E-state index in [9.17, 15) is 43.2 Å². The summed E-state index contributed by atoms with van der Waals surface area (Å²) in [4.78, 5) is 73.0. The number of unbranched alkanes of at least 4 members (excludes halogenated alkanes) is 51. The summed E-state index contributed by atoms with van der Waals surface area (Å²) in [7, 11) is -9.92. The van der Waals surface area contributed by atoms with Gasteiger partial charge in [-0.05, 0) is 37.5 Å². The fourth-order valence-electron chi connectivity index (χ4n) is 12.7. The molecule has 0 bridgehead atoms. The smallest absolute Gasteiger partial charge is 0.462 e. The maximum absolute atomic E-state index is 13.1. The predicted octanol–water partition coefficient (Wildman–Crippen LogP) is 24.7. The fraction of sp³-hybridized carbons (Fsp3) is 0.951. The Kier molecular flexibility index (Phi) is 72.2. The Labute approximate surface area is 619 Å². The quantitative estimate of drug-likeness (QED) is 0.0222. The summed E-state index contributed by atoms with van der Waals surface area (Å²) < 4.78 is 68.7. The SMILES string of the molecule is CCCCCCCCCCCCCCCCCCCCCCC(=O)O[C@H](COC(=O)CCCCCCCCCCCCCCCCCCCC)COP(=O)(O)OC[C@@H](O)COP(=O)(O)OC[C@@H](COC(=O)CCCCCCCCCC(C)C)OC(=O)CCCCCCCCCCCCC(C)C. The van der Waals surface area contributed by atoms with Crippen LogP contribution in [0, 0.1) is 11.8 Å². The van der Waals surface area contributed by atoms with Crippen LogP contribution in [0.3, 0.4) is 0 Å². The van der Waals surface area contributed by atoms with Crippen LogP contribution in [0.25, 0.3) is 0 Å². The number of carbonyl (C=O) groups excluding carboxylic acids is 4. The molecule has 101 heavy (non-hydrogen) atoms. The highest BCUT2D eigenvalue weighted by atomic mass is 31.2. The first kappa shape index (κ1) is 99.1. The van der Waals surface area contributed by atoms with Gasteiger partial charge in [0.15, 0.2) is 12.2 Å². The molecule has 3 N–H and O–H groups in total. The monoisotopic (exact) mass is 1480 g/mol. The summed E-state index contributed by atoms with van der Waals surface area (Å²) in [5.74, 6) is -0.652. The van der Waals surface area contributed by atoms with Crippen LogP contribution in [-0.4, -0.2) is 96.7 Å². The van der Waals surface area contributed by atoms with Crippen LogP contribution >= 0.6 is 15.6 Å². The summed E-state index contributed by atoms with van der Waals surface area (Å²) in [6, 6.07) is 0. The van der Waals surface area contributed by atoms with Crippen molar-refractivity contribution in [3.05, 3.63) is 0 Å². The molecule has 0 aliphatic carbocycles. The third-order valence-corrected chi connectivity index (χ3v) is 21.1. The normalized spacial score (nSPS) is 13.9. The third-order valence-electron chi connectivity index (χ3n) is 19.2. The van der Waals surface area contributed by atoms with E-state index in [0.717, 1.165) is 102 Å². The molecule has 0 amide bonds. The van der Waals surface area contributed by atoms with Crippen LogP contribution in [-0.2, 0) is 65.4 Å². The van der Waals surface area contributed by atoms with Crippen molar-refractivity contribution in [2.45, 2.75) is 452 Å². The van der Waals surface area contributed by atoms with Crippen molar-refractivity contribution in [2.24, 2.45) is 11.8 Å². The number of rotatable bonds is 81. The summed E-state index contributed by atoms with van der Waals surface area (Å²) in [5.41, 5.74) is 0. The van der Waals surface area contributed by atoms with Gasteiger partial charge in [0.1, 0.15) is 19.3 Å². The molecular formula is C82H160O17P2. The van der Waals surface area contributed by atoms with E-state index in [1.165, 1.54) is 244 Å². The molecule has 0 aromatic heterocycles. The number of aliphatic hydroxyl groups is 1. The lowest BCUT2D eigenvalue weighted by atomic mass is 10.0. The van der Waals surface area contributed by atoms with Crippen LogP contribution < -0.4 is 0 Å². The van der Waals surface area contributed by atoms with Gasteiger partial charge in [-0.1, -0.05) is 382 Å². The fourth-order valence-corrected chi connectivity index (χ4v) is 14.3. The zero-order chi connectivity index (χ0) is 74.2. The Morgan fingerprint density at radius 3 is 0.673 bits per heavy atom. The average molecular weight is 1480 g/mol. The van der Waals surface area contributed by atoms with E-state index in [1.807, 2.05) is 0 Å². The molecule has 0 rings (SSSR count). The minimum atomic E-state index is -4.96. The van der Waals surface area contributed by atoms with E-state index < -0.39 is 97.5 Å². The molecule has 0 aliphatic rings. The van der Waals surface area contributed by atoms with Gasteiger partial charge in [-0.2, -0.15) is 0 Å². The van der Waals surface area contributed by atoms with Crippen molar-refractivity contribution in [1.82, 2.24) is 0 Å². The van der Waals surface area contributed by atoms with Gasteiger partial charge in [-0.25, -0.2) is 9.13 Å². The first-order valence-electron chi connectivity index (χ1n) is 42.5. The highest BCUT2D eigenvalue weighted by Gasteiger charge is 2.30. The standard InChI is InChI=1S/C82H160O17P2/c1-7-9-11-13-15-17-19-21-23-25-27-28-30-32-34-36-41-47-54-60-66-81(86)98-77(70-92-79(84)64-58-52-46-40-35-33-31-29-26-24-22-20-18-16-14-12-10-8-2)72-96-100(88,89)94-68-76(83)69-95-101(90,91)97-73-78(71-93-80(85)65-59-53-49-43-45-51-57-63-75(5)6)99-82(87)67-61-55-48-42-38-37-39-44-50-56-62-74(3)4/h74-78,83H,7-73H2,1-6H3,(H,88,89)(H,90,91)/t76-,77-,78-/m1/s1. The second-order valence-corrected chi connectivity index (χ2v) is 33.4. The number of phosphoric acid groups is 2. The number of hydrogen-bond acceptors (Lipinski definition) is 15. The van der Waals surface area contributed by atoms with Gasteiger partial charge in [0.2, 0.25) is 0 Å². The Bertz CT molecular complexity index is 1940. The van der Waals surface area contributed by atoms with E-state index in [2.05, 4.69) is 41.5 Å². The molecule has 0 radical (unpaired) electrons. The topological polar surface area (TPSA) is 237 Å². The average Bonchev–Trinajstić information content (AvgIpc) is 0.942. The second-order valence-electron chi connectivity index (χ2n) is 30.5. The highest BCUT2D eigenvalue weighted by Crippen LogP contribution is 2.45. The van der Waals surface area contributed by atoms with Gasteiger partial charge in [0, 0.05) is 25.7 Å². The zero-order valence-electron chi connectivity index (χ0n) is 66.2. The van der Waals surface area contributed by atoms with Gasteiger partial charge in [0.25, 0.3) is 0 Å². The summed E-state index contributed by atoms with van der Waals surface area (Å²) in [6.07, 6.45) is 64.0. The first-order valence-corrected chi connectivity index (χ1v) is 45.5. The first-order chi connectivity index (χ1) is 48.9. The minimum absolute atomic E-state index is 0.105. The molecule has 0 heterocycles. The van der Waals surface area contributed by atoms with Gasteiger partial charge >= 0.3 is 39.5 Å². The van der Waals surface area contributed by atoms with Crippen molar-refractivity contribution in [2.75, 3.05) is 39.6 Å². The molecular weight excluding hydrogens is 1320 g/mol. The molecule has 0 saturated heterocycles. The van der Waals surface area contributed by atoms with Gasteiger partial charge in [-0.3, -0.25) is 37.3 Å². The Hall–Kier alpha value is -1.94. The van der Waals surface area contributed by atoms with Crippen LogP contribution in [0.1, 0.15) is 433 Å². The minimum Gasteiger partial charge on any atom is -0.462 e. The van der Waals surface area contributed by atoms with Crippen molar-refractivity contribution < 1.29 is 80.2 Å². The van der Waals surface area contributed by atoms with Crippen molar-refractivity contribution in [1.29, 1.82) is 0 Å². The molecule has 17 nitrogen and oxygen atoms in total. The van der Waals surface area contributed by atoms with Crippen molar-refractivity contribution >= 4 is 39.5 Å². The number of esters is 4. The second kappa shape index (κ2) is 73.6. The number of carbonyl (C=O) groups is 4.